The fourth-order valence-electron chi connectivity index (χ4n) is 4.26. The molecule has 0 saturated carbocycles. The van der Waals surface area contributed by atoms with Crippen molar-refractivity contribution >= 4 is 17.6 Å². The maximum Gasteiger partial charge on any atom is 0.191 e. The van der Waals surface area contributed by atoms with Gasteiger partial charge in [0.1, 0.15) is 5.82 Å². The molecule has 0 radical (unpaired) electrons. The molecule has 2 aromatic heterocycles. The van der Waals surface area contributed by atoms with Gasteiger partial charge in [-0.15, -0.1) is 0 Å². The van der Waals surface area contributed by atoms with Crippen molar-refractivity contribution in [2.45, 2.75) is 25.9 Å². The van der Waals surface area contributed by atoms with E-state index in [1.807, 2.05) is 11.1 Å². The van der Waals surface area contributed by atoms with Gasteiger partial charge in [0.25, 0.3) is 0 Å². The van der Waals surface area contributed by atoms with E-state index in [1.165, 1.54) is 6.07 Å². The number of halogens is 1. The summed E-state index contributed by atoms with van der Waals surface area (Å²) in [6, 6.07) is 7.48. The molecule has 1 atom stereocenters. The molecule has 0 amide bonds. The molecule has 9 heteroatoms. The Bertz CT molecular complexity index is 895. The highest BCUT2D eigenvalue weighted by Gasteiger charge is 2.26. The average molecular weight is 441 g/mol. The summed E-state index contributed by atoms with van der Waals surface area (Å²) in [5.41, 5.74) is 1.10. The van der Waals surface area contributed by atoms with Gasteiger partial charge >= 0.3 is 0 Å². The number of hydrogen-bond acceptors (Lipinski definition) is 6. The van der Waals surface area contributed by atoms with Crippen molar-refractivity contribution in [2.24, 2.45) is 4.99 Å². The van der Waals surface area contributed by atoms with Crippen molar-refractivity contribution in [3.05, 3.63) is 48.0 Å². The molecule has 4 heterocycles. The lowest BCUT2D eigenvalue weighted by Crippen LogP contribution is -2.46. The SMILES string of the molecule is CCN1CCN(c2ccc(CNC(=NC)NC3CCN(c4ncccc4F)C3)cn2)CC1. The molecular weight excluding hydrogens is 407 g/mol. The third-order valence-electron chi connectivity index (χ3n) is 6.20. The number of aliphatic imine (C=N–C) groups is 1. The first kappa shape index (κ1) is 22.3. The molecule has 172 valence electrons. The third kappa shape index (κ3) is 5.45. The van der Waals surface area contributed by atoms with E-state index < -0.39 is 0 Å². The highest BCUT2D eigenvalue weighted by molar-refractivity contribution is 5.80. The summed E-state index contributed by atoms with van der Waals surface area (Å²) in [4.78, 5) is 20.0. The number of pyridine rings is 2. The van der Waals surface area contributed by atoms with Gasteiger partial charge in [0.2, 0.25) is 0 Å². The summed E-state index contributed by atoms with van der Waals surface area (Å²) < 4.78 is 14.0. The van der Waals surface area contributed by atoms with Crippen LogP contribution in [0.5, 0.6) is 0 Å². The molecule has 0 spiro atoms. The van der Waals surface area contributed by atoms with Crippen molar-refractivity contribution in [3.8, 4) is 0 Å². The summed E-state index contributed by atoms with van der Waals surface area (Å²) in [6.45, 7) is 9.65. The van der Waals surface area contributed by atoms with Crippen molar-refractivity contribution in [1.82, 2.24) is 25.5 Å². The van der Waals surface area contributed by atoms with E-state index in [4.69, 9.17) is 0 Å². The molecule has 0 aliphatic carbocycles. The van der Waals surface area contributed by atoms with Crippen LogP contribution in [0.3, 0.4) is 0 Å². The van der Waals surface area contributed by atoms with E-state index in [-0.39, 0.29) is 11.9 Å². The first-order valence-electron chi connectivity index (χ1n) is 11.4. The number of nitrogens with one attached hydrogen (secondary N) is 2. The monoisotopic (exact) mass is 440 g/mol. The number of likely N-dealkylation sites (N-methyl/N-ethyl adjacent to an activating group) is 1. The minimum Gasteiger partial charge on any atom is -0.354 e. The highest BCUT2D eigenvalue weighted by atomic mass is 19.1. The smallest absolute Gasteiger partial charge is 0.191 e. The largest absolute Gasteiger partial charge is 0.354 e. The van der Waals surface area contributed by atoms with Crippen LogP contribution in [0, 0.1) is 5.82 Å². The Labute approximate surface area is 189 Å². The zero-order valence-corrected chi connectivity index (χ0v) is 19.0. The second-order valence-electron chi connectivity index (χ2n) is 8.26. The quantitative estimate of drug-likeness (QED) is 0.523. The van der Waals surface area contributed by atoms with Crippen molar-refractivity contribution in [3.63, 3.8) is 0 Å². The molecule has 32 heavy (non-hydrogen) atoms. The molecule has 1 unspecified atom stereocenters. The van der Waals surface area contributed by atoms with E-state index in [0.717, 1.165) is 63.0 Å². The fraction of sp³-hybridized carbons (Fsp3) is 0.522. The summed E-state index contributed by atoms with van der Waals surface area (Å²) in [5.74, 6) is 1.92. The van der Waals surface area contributed by atoms with Gasteiger partial charge in [-0.1, -0.05) is 13.0 Å². The van der Waals surface area contributed by atoms with Crippen molar-refractivity contribution in [2.75, 3.05) is 62.7 Å². The first-order chi connectivity index (χ1) is 15.7. The highest BCUT2D eigenvalue weighted by Crippen LogP contribution is 2.20. The maximum absolute atomic E-state index is 14.0. The van der Waals surface area contributed by atoms with Crippen LogP contribution >= 0.6 is 0 Å². The van der Waals surface area contributed by atoms with E-state index in [2.05, 4.69) is 54.5 Å². The zero-order valence-electron chi connectivity index (χ0n) is 19.0. The summed E-state index contributed by atoms with van der Waals surface area (Å²) in [5, 5.41) is 6.80. The molecule has 2 aromatic rings. The Hall–Kier alpha value is -2.94. The van der Waals surface area contributed by atoms with Gasteiger partial charge in [-0.3, -0.25) is 4.99 Å². The van der Waals surface area contributed by atoms with E-state index in [9.17, 15) is 4.39 Å². The second kappa shape index (κ2) is 10.6. The average Bonchev–Trinajstić information content (AvgIpc) is 3.30. The van der Waals surface area contributed by atoms with E-state index >= 15 is 0 Å². The predicted octanol–water partition coefficient (Wildman–Crippen LogP) is 1.70. The summed E-state index contributed by atoms with van der Waals surface area (Å²) >= 11 is 0. The third-order valence-corrected chi connectivity index (χ3v) is 6.20. The molecule has 4 rings (SSSR count). The molecule has 2 aliphatic rings. The lowest BCUT2D eigenvalue weighted by Gasteiger charge is -2.34. The Kier molecular flexibility index (Phi) is 7.36. The number of rotatable bonds is 6. The van der Waals surface area contributed by atoms with Gasteiger partial charge in [0.05, 0.1) is 0 Å². The van der Waals surface area contributed by atoms with Gasteiger partial charge in [-0.25, -0.2) is 14.4 Å². The Morgan fingerprint density at radius 3 is 2.66 bits per heavy atom. The number of aromatic nitrogens is 2. The molecule has 2 fully saturated rings. The Morgan fingerprint density at radius 2 is 1.97 bits per heavy atom. The number of piperazine rings is 1. The Balaban J connectivity index is 1.25. The van der Waals surface area contributed by atoms with Gasteiger partial charge in [0, 0.05) is 71.3 Å². The summed E-state index contributed by atoms with van der Waals surface area (Å²) in [7, 11) is 1.76. The molecule has 2 N–H and O–H groups in total. The van der Waals surface area contributed by atoms with Crippen LogP contribution in [0.15, 0.2) is 41.7 Å². The number of guanidine groups is 1. The Morgan fingerprint density at radius 1 is 1.12 bits per heavy atom. The molecule has 0 aromatic carbocycles. The van der Waals surface area contributed by atoms with Crippen molar-refractivity contribution < 1.29 is 4.39 Å². The van der Waals surface area contributed by atoms with Gasteiger partial charge in [-0.05, 0) is 36.7 Å². The molecule has 2 saturated heterocycles. The van der Waals surface area contributed by atoms with Gasteiger partial charge in [-0.2, -0.15) is 0 Å². The minimum absolute atomic E-state index is 0.185. The van der Waals surface area contributed by atoms with Crippen LogP contribution in [0.25, 0.3) is 0 Å². The van der Waals surface area contributed by atoms with Crippen LogP contribution in [-0.2, 0) is 6.54 Å². The van der Waals surface area contributed by atoms with Crippen LogP contribution in [0.4, 0.5) is 16.0 Å². The minimum atomic E-state index is -0.279. The second-order valence-corrected chi connectivity index (χ2v) is 8.26. The van der Waals surface area contributed by atoms with Gasteiger partial charge < -0.3 is 25.3 Å². The van der Waals surface area contributed by atoms with Gasteiger partial charge in [0.15, 0.2) is 17.6 Å². The molecule has 8 nitrogen and oxygen atoms in total. The lowest BCUT2D eigenvalue weighted by atomic mass is 10.2. The first-order valence-corrected chi connectivity index (χ1v) is 11.4. The van der Waals surface area contributed by atoms with Crippen LogP contribution in [0.2, 0.25) is 0 Å². The van der Waals surface area contributed by atoms with E-state index in [1.54, 1.807) is 19.3 Å². The summed E-state index contributed by atoms with van der Waals surface area (Å²) in [6.07, 6.45) is 4.46. The van der Waals surface area contributed by atoms with Crippen LogP contribution in [-0.4, -0.2) is 79.7 Å². The number of nitrogens with zero attached hydrogens (tertiary/aromatic N) is 6. The standard InChI is InChI=1S/C23H33FN8/c1-3-30-11-13-31(14-12-30)21-7-6-18(15-27-21)16-28-23(25-2)29-19-8-10-32(17-19)22-20(24)5-4-9-26-22/h4-7,9,15,19H,3,8,10-14,16-17H2,1-2H3,(H2,25,28,29). The fourth-order valence-corrected chi connectivity index (χ4v) is 4.26. The van der Waals surface area contributed by atoms with Crippen LogP contribution in [0.1, 0.15) is 18.9 Å². The predicted molar refractivity (Wildman–Crippen MR) is 127 cm³/mol. The number of hydrogen-bond donors (Lipinski definition) is 2. The lowest BCUT2D eigenvalue weighted by molar-refractivity contribution is 0.270. The topological polar surface area (TPSA) is 71.9 Å². The molecule has 0 bridgehead atoms. The van der Waals surface area contributed by atoms with Crippen molar-refractivity contribution in [1.29, 1.82) is 0 Å². The zero-order chi connectivity index (χ0) is 22.3. The normalized spacial score (nSPS) is 20.0. The number of anilines is 2. The van der Waals surface area contributed by atoms with Crippen LogP contribution < -0.4 is 20.4 Å². The molecular formula is C23H33FN8. The maximum atomic E-state index is 14.0. The van der Waals surface area contributed by atoms with E-state index in [0.29, 0.717) is 18.9 Å². The molecule has 2 aliphatic heterocycles.